The smallest absolute Gasteiger partial charge is 0.368 e. The van der Waals surface area contributed by atoms with E-state index in [1.807, 2.05) is 4.90 Å². The van der Waals surface area contributed by atoms with Gasteiger partial charge in [0.1, 0.15) is 10.6 Å². The number of anilines is 2. The average Bonchev–Trinajstić information content (AvgIpc) is 2.82. The first-order valence-electron chi connectivity index (χ1n) is 6.04. The monoisotopic (exact) mass is 303 g/mol. The molecule has 3 heterocycles. The van der Waals surface area contributed by atoms with Crippen molar-refractivity contribution >= 4 is 33.3 Å². The number of nitrogens with two attached hydrogens (primary N) is 1. The van der Waals surface area contributed by atoms with Gasteiger partial charge in [-0.15, -0.1) is 11.3 Å². The molecule has 9 heteroatoms. The van der Waals surface area contributed by atoms with Crippen molar-refractivity contribution in [3.05, 3.63) is 10.9 Å². The SMILES string of the molecule is Nc1nc(N2CCNCC2)c2c(C(F)(F)F)csc2n1. The molecule has 0 amide bonds. The molecule has 1 aliphatic heterocycles. The normalized spacial score (nSPS) is 16.9. The molecule has 0 saturated carbocycles. The van der Waals surface area contributed by atoms with Crippen LogP contribution in [0.25, 0.3) is 10.2 Å². The summed E-state index contributed by atoms with van der Waals surface area (Å²) in [6, 6.07) is 0. The Morgan fingerprint density at radius 3 is 2.60 bits per heavy atom. The number of fused-ring (bicyclic) bond motifs is 1. The molecule has 1 saturated heterocycles. The predicted octanol–water partition coefficient (Wildman–Crippen LogP) is 1.70. The number of halogens is 3. The minimum absolute atomic E-state index is 0.00149. The van der Waals surface area contributed by atoms with E-state index in [9.17, 15) is 13.2 Å². The molecule has 1 fully saturated rings. The van der Waals surface area contributed by atoms with Crippen molar-refractivity contribution in [2.75, 3.05) is 36.8 Å². The first-order chi connectivity index (χ1) is 9.47. The number of hydrogen-bond donors (Lipinski definition) is 2. The molecule has 0 aliphatic carbocycles. The van der Waals surface area contributed by atoms with Gasteiger partial charge < -0.3 is 16.0 Å². The molecular weight excluding hydrogens is 291 g/mol. The van der Waals surface area contributed by atoms with Gasteiger partial charge in [-0.2, -0.15) is 18.2 Å². The van der Waals surface area contributed by atoms with Crippen LogP contribution in [-0.2, 0) is 6.18 Å². The second kappa shape index (κ2) is 4.74. The third kappa shape index (κ3) is 2.27. The molecule has 0 radical (unpaired) electrons. The summed E-state index contributed by atoms with van der Waals surface area (Å²) < 4.78 is 39.3. The maximum atomic E-state index is 13.1. The molecular formula is C11H12F3N5S. The summed E-state index contributed by atoms with van der Waals surface area (Å²) in [5.41, 5.74) is 4.92. The van der Waals surface area contributed by atoms with Crippen LogP contribution in [-0.4, -0.2) is 36.1 Å². The van der Waals surface area contributed by atoms with Crippen LogP contribution in [0.1, 0.15) is 5.56 Å². The highest BCUT2D eigenvalue weighted by Gasteiger charge is 2.36. The summed E-state index contributed by atoms with van der Waals surface area (Å²) in [6.45, 7) is 2.60. The Morgan fingerprint density at radius 2 is 1.95 bits per heavy atom. The topological polar surface area (TPSA) is 67.1 Å². The summed E-state index contributed by atoms with van der Waals surface area (Å²) in [5.74, 6) is 0.282. The third-order valence-electron chi connectivity index (χ3n) is 3.15. The number of thiophene rings is 1. The fraction of sp³-hybridized carbons (Fsp3) is 0.455. The summed E-state index contributed by atoms with van der Waals surface area (Å²) in [5, 5.41) is 4.28. The highest BCUT2D eigenvalue weighted by molar-refractivity contribution is 7.17. The Morgan fingerprint density at radius 1 is 1.25 bits per heavy atom. The first kappa shape index (κ1) is 13.4. The summed E-state index contributed by atoms with van der Waals surface area (Å²) in [6.07, 6.45) is -4.42. The molecule has 5 nitrogen and oxygen atoms in total. The van der Waals surface area contributed by atoms with Crippen LogP contribution < -0.4 is 16.0 Å². The molecule has 108 valence electrons. The van der Waals surface area contributed by atoms with Crippen LogP contribution in [0.15, 0.2) is 5.38 Å². The number of rotatable bonds is 1. The van der Waals surface area contributed by atoms with Gasteiger partial charge in [-0.05, 0) is 0 Å². The molecule has 2 aromatic rings. The molecule has 0 unspecified atom stereocenters. The Labute approximate surface area is 116 Å². The Balaban J connectivity index is 2.20. The molecule has 3 rings (SSSR count). The Bertz CT molecular complexity index is 633. The minimum Gasteiger partial charge on any atom is -0.368 e. The molecule has 0 atom stereocenters. The van der Waals surface area contributed by atoms with Crippen molar-refractivity contribution in [1.82, 2.24) is 15.3 Å². The zero-order valence-electron chi connectivity index (χ0n) is 10.4. The maximum Gasteiger partial charge on any atom is 0.418 e. The lowest BCUT2D eigenvalue weighted by Crippen LogP contribution is -2.44. The number of aromatic nitrogens is 2. The number of hydrogen-bond acceptors (Lipinski definition) is 6. The van der Waals surface area contributed by atoms with Crippen molar-refractivity contribution in [2.45, 2.75) is 6.18 Å². The lowest BCUT2D eigenvalue weighted by Gasteiger charge is -2.29. The fourth-order valence-corrected chi connectivity index (χ4v) is 3.20. The highest BCUT2D eigenvalue weighted by Crippen LogP contribution is 2.41. The minimum atomic E-state index is -4.42. The van der Waals surface area contributed by atoms with Gasteiger partial charge in [0, 0.05) is 31.6 Å². The molecule has 1 aliphatic rings. The standard InChI is InChI=1S/C11H12F3N5S/c12-11(13,14)6-5-20-9-7(6)8(17-10(15)18-9)19-3-1-16-2-4-19/h5,16H,1-4H2,(H2,15,17,18). The van der Waals surface area contributed by atoms with Gasteiger partial charge >= 0.3 is 6.18 Å². The number of piperazine rings is 1. The van der Waals surface area contributed by atoms with Gasteiger partial charge in [-0.1, -0.05) is 0 Å². The number of nitrogens with zero attached hydrogens (tertiary/aromatic N) is 3. The van der Waals surface area contributed by atoms with Gasteiger partial charge in [-0.3, -0.25) is 0 Å². The van der Waals surface area contributed by atoms with Gasteiger partial charge in [-0.25, -0.2) is 4.98 Å². The summed E-state index contributed by atoms with van der Waals surface area (Å²) >= 11 is 0.940. The van der Waals surface area contributed by atoms with Crippen LogP contribution in [0.3, 0.4) is 0 Å². The summed E-state index contributed by atoms with van der Waals surface area (Å²) in [7, 11) is 0. The predicted molar refractivity (Wildman–Crippen MR) is 71.9 cm³/mol. The zero-order chi connectivity index (χ0) is 14.3. The second-order valence-electron chi connectivity index (χ2n) is 4.47. The Kier molecular flexibility index (Phi) is 3.17. The second-order valence-corrected chi connectivity index (χ2v) is 5.33. The molecule has 0 aromatic carbocycles. The molecule has 0 spiro atoms. The molecule has 3 N–H and O–H groups in total. The van der Waals surface area contributed by atoms with Crippen LogP contribution in [0.5, 0.6) is 0 Å². The molecule has 20 heavy (non-hydrogen) atoms. The van der Waals surface area contributed by atoms with E-state index >= 15 is 0 Å². The Hall–Kier alpha value is -1.61. The van der Waals surface area contributed by atoms with Crippen molar-refractivity contribution in [2.24, 2.45) is 0 Å². The van der Waals surface area contributed by atoms with Crippen molar-refractivity contribution in [3.63, 3.8) is 0 Å². The maximum absolute atomic E-state index is 13.1. The lowest BCUT2D eigenvalue weighted by atomic mass is 10.2. The number of nitrogens with one attached hydrogen (secondary N) is 1. The van der Waals surface area contributed by atoms with Gasteiger partial charge in [0.05, 0.1) is 10.9 Å². The van der Waals surface area contributed by atoms with E-state index in [1.165, 1.54) is 0 Å². The van der Waals surface area contributed by atoms with E-state index in [1.54, 1.807) is 0 Å². The molecule has 2 aromatic heterocycles. The van der Waals surface area contributed by atoms with Crippen LogP contribution in [0.4, 0.5) is 24.9 Å². The third-order valence-corrected chi connectivity index (χ3v) is 4.03. The lowest BCUT2D eigenvalue weighted by molar-refractivity contribution is -0.136. The average molecular weight is 303 g/mol. The van der Waals surface area contributed by atoms with E-state index < -0.39 is 11.7 Å². The zero-order valence-corrected chi connectivity index (χ0v) is 11.2. The quantitative estimate of drug-likeness (QED) is 0.839. The largest absolute Gasteiger partial charge is 0.418 e. The van der Waals surface area contributed by atoms with Crippen LogP contribution >= 0.6 is 11.3 Å². The summed E-state index contributed by atoms with van der Waals surface area (Å²) in [4.78, 5) is 10.0. The van der Waals surface area contributed by atoms with Crippen molar-refractivity contribution in [3.8, 4) is 0 Å². The number of alkyl halides is 3. The van der Waals surface area contributed by atoms with E-state index in [2.05, 4.69) is 15.3 Å². The molecule has 0 bridgehead atoms. The highest BCUT2D eigenvalue weighted by atomic mass is 32.1. The van der Waals surface area contributed by atoms with E-state index in [0.717, 1.165) is 16.7 Å². The van der Waals surface area contributed by atoms with Gasteiger partial charge in [0.2, 0.25) is 5.95 Å². The van der Waals surface area contributed by atoms with Gasteiger partial charge in [0.25, 0.3) is 0 Å². The van der Waals surface area contributed by atoms with Crippen molar-refractivity contribution < 1.29 is 13.2 Å². The number of nitrogen functional groups attached to an aromatic ring is 1. The fourth-order valence-electron chi connectivity index (χ4n) is 2.25. The van der Waals surface area contributed by atoms with E-state index in [0.29, 0.717) is 26.2 Å². The van der Waals surface area contributed by atoms with Crippen molar-refractivity contribution in [1.29, 1.82) is 0 Å². The van der Waals surface area contributed by atoms with Crippen LogP contribution in [0, 0.1) is 0 Å². The van der Waals surface area contributed by atoms with E-state index in [-0.39, 0.29) is 22.0 Å². The van der Waals surface area contributed by atoms with E-state index in [4.69, 9.17) is 5.73 Å². The van der Waals surface area contributed by atoms with Gasteiger partial charge in [0.15, 0.2) is 0 Å². The first-order valence-corrected chi connectivity index (χ1v) is 6.92. The van der Waals surface area contributed by atoms with Crippen LogP contribution in [0.2, 0.25) is 0 Å².